The summed E-state index contributed by atoms with van der Waals surface area (Å²) >= 11 is 0. The lowest BCUT2D eigenvalue weighted by atomic mass is 10.3. The molecular formula is C13H16N2. The van der Waals surface area contributed by atoms with Crippen LogP contribution in [-0.4, -0.2) is 24.7 Å². The Balaban J connectivity index is 2.01. The molecule has 1 aliphatic heterocycles. The van der Waals surface area contributed by atoms with Crippen LogP contribution in [0.15, 0.2) is 47.1 Å². The summed E-state index contributed by atoms with van der Waals surface area (Å²) in [7, 11) is 2.13. The minimum absolute atomic E-state index is 1.01. The maximum Gasteiger partial charge on any atom is 0.0629 e. The molecule has 1 aromatic rings. The Bertz CT molecular complexity index is 365. The summed E-state index contributed by atoms with van der Waals surface area (Å²) in [4.78, 5) is 6.66. The molecule has 0 aromatic heterocycles. The summed E-state index contributed by atoms with van der Waals surface area (Å²) in [5, 5.41) is 0. The minimum atomic E-state index is 1.01. The fraction of sp³-hybridized carbons (Fsp3) is 0.308. The highest BCUT2D eigenvalue weighted by molar-refractivity contribution is 5.75. The second-order valence-electron chi connectivity index (χ2n) is 3.80. The van der Waals surface area contributed by atoms with Gasteiger partial charge in [-0.05, 0) is 31.1 Å². The van der Waals surface area contributed by atoms with Crippen molar-refractivity contribution in [3.63, 3.8) is 0 Å². The van der Waals surface area contributed by atoms with E-state index in [9.17, 15) is 0 Å². The third kappa shape index (κ3) is 2.69. The van der Waals surface area contributed by atoms with Crippen molar-refractivity contribution in [2.24, 2.45) is 4.99 Å². The van der Waals surface area contributed by atoms with Gasteiger partial charge in [0.25, 0.3) is 0 Å². The molecule has 0 N–H and O–H groups in total. The highest BCUT2D eigenvalue weighted by Crippen LogP contribution is 2.17. The van der Waals surface area contributed by atoms with E-state index in [0.29, 0.717) is 0 Å². The standard InChI is InChI=1S/C13H16N2/c1-15-11-5-8-13(15)9-10-14-12-6-3-2-4-7-12/h2-4,6-7,9-10H,5,8,11H2,1H3/b13-9-,14-10?. The first-order valence-corrected chi connectivity index (χ1v) is 5.36. The highest BCUT2D eigenvalue weighted by atomic mass is 15.1. The fourth-order valence-electron chi connectivity index (χ4n) is 1.77. The molecule has 1 aromatic carbocycles. The van der Waals surface area contributed by atoms with Gasteiger partial charge < -0.3 is 4.90 Å². The second-order valence-corrected chi connectivity index (χ2v) is 3.80. The number of nitrogens with zero attached hydrogens (tertiary/aromatic N) is 2. The Labute approximate surface area is 90.9 Å². The van der Waals surface area contributed by atoms with Crippen LogP contribution in [0.2, 0.25) is 0 Å². The van der Waals surface area contributed by atoms with Crippen LogP contribution in [0.1, 0.15) is 12.8 Å². The predicted octanol–water partition coefficient (Wildman–Crippen LogP) is 3.00. The first-order chi connectivity index (χ1) is 7.36. The van der Waals surface area contributed by atoms with E-state index in [1.807, 2.05) is 36.5 Å². The monoisotopic (exact) mass is 200 g/mol. The van der Waals surface area contributed by atoms with Gasteiger partial charge in [-0.15, -0.1) is 0 Å². The van der Waals surface area contributed by atoms with Gasteiger partial charge in [0, 0.05) is 25.5 Å². The van der Waals surface area contributed by atoms with Crippen molar-refractivity contribution < 1.29 is 0 Å². The molecule has 0 bridgehead atoms. The molecule has 0 spiro atoms. The summed E-state index contributed by atoms with van der Waals surface area (Å²) in [5.74, 6) is 0. The number of aliphatic imine (C=N–C) groups is 1. The number of hydrogen-bond acceptors (Lipinski definition) is 2. The van der Waals surface area contributed by atoms with Gasteiger partial charge in [-0.2, -0.15) is 0 Å². The summed E-state index contributed by atoms with van der Waals surface area (Å²) in [5.41, 5.74) is 2.39. The molecule has 2 rings (SSSR count). The lowest BCUT2D eigenvalue weighted by molar-refractivity contribution is 0.482. The zero-order valence-corrected chi connectivity index (χ0v) is 9.06. The molecule has 0 aliphatic carbocycles. The third-order valence-corrected chi connectivity index (χ3v) is 2.66. The molecule has 2 heteroatoms. The topological polar surface area (TPSA) is 15.6 Å². The Morgan fingerprint density at radius 1 is 1.27 bits per heavy atom. The van der Waals surface area contributed by atoms with Crippen molar-refractivity contribution in [3.8, 4) is 0 Å². The molecular weight excluding hydrogens is 184 g/mol. The van der Waals surface area contributed by atoms with Gasteiger partial charge in [0.15, 0.2) is 0 Å². The SMILES string of the molecule is CN1CCC/C1=C/C=Nc1ccccc1. The first kappa shape index (κ1) is 9.97. The summed E-state index contributed by atoms with van der Waals surface area (Å²) in [6.07, 6.45) is 6.45. The van der Waals surface area contributed by atoms with Gasteiger partial charge in [0.05, 0.1) is 5.69 Å². The van der Waals surface area contributed by atoms with Crippen molar-refractivity contribution in [2.75, 3.05) is 13.6 Å². The average molecular weight is 200 g/mol. The Morgan fingerprint density at radius 2 is 2.07 bits per heavy atom. The van der Waals surface area contributed by atoms with Crippen molar-refractivity contribution in [2.45, 2.75) is 12.8 Å². The number of para-hydroxylation sites is 1. The number of likely N-dealkylation sites (tertiary alicyclic amines) is 1. The lowest BCUT2D eigenvalue weighted by Crippen LogP contribution is -2.09. The summed E-state index contributed by atoms with van der Waals surface area (Å²) in [6, 6.07) is 10.0. The van der Waals surface area contributed by atoms with E-state index in [1.54, 1.807) is 0 Å². The van der Waals surface area contributed by atoms with Crippen molar-refractivity contribution in [1.82, 2.24) is 4.90 Å². The normalized spacial score (nSPS) is 19.3. The maximum atomic E-state index is 4.38. The van der Waals surface area contributed by atoms with E-state index in [0.717, 1.165) is 5.69 Å². The van der Waals surface area contributed by atoms with Gasteiger partial charge in [0.1, 0.15) is 0 Å². The van der Waals surface area contributed by atoms with E-state index in [2.05, 4.69) is 23.0 Å². The van der Waals surface area contributed by atoms with E-state index < -0.39 is 0 Å². The van der Waals surface area contributed by atoms with E-state index in [4.69, 9.17) is 0 Å². The summed E-state index contributed by atoms with van der Waals surface area (Å²) in [6.45, 7) is 1.17. The zero-order chi connectivity index (χ0) is 10.5. The Kier molecular flexibility index (Phi) is 3.18. The van der Waals surface area contributed by atoms with E-state index >= 15 is 0 Å². The molecule has 78 valence electrons. The molecule has 0 unspecified atom stereocenters. The molecule has 0 atom stereocenters. The van der Waals surface area contributed by atoms with Crippen LogP contribution in [-0.2, 0) is 0 Å². The van der Waals surface area contributed by atoms with Gasteiger partial charge in [0.2, 0.25) is 0 Å². The molecule has 1 fully saturated rings. The number of hydrogen-bond donors (Lipinski definition) is 0. The molecule has 1 saturated heterocycles. The second kappa shape index (κ2) is 4.78. The number of allylic oxidation sites excluding steroid dienone is 2. The first-order valence-electron chi connectivity index (χ1n) is 5.36. The smallest absolute Gasteiger partial charge is 0.0629 e. The molecule has 1 aliphatic rings. The van der Waals surface area contributed by atoms with Crippen molar-refractivity contribution in [1.29, 1.82) is 0 Å². The lowest BCUT2D eigenvalue weighted by Gasteiger charge is -2.10. The Hall–Kier alpha value is -1.57. The molecule has 0 saturated carbocycles. The molecule has 0 radical (unpaired) electrons. The zero-order valence-electron chi connectivity index (χ0n) is 9.06. The van der Waals surface area contributed by atoms with Crippen LogP contribution in [0.3, 0.4) is 0 Å². The molecule has 1 heterocycles. The molecule has 2 nitrogen and oxygen atoms in total. The van der Waals surface area contributed by atoms with Crippen LogP contribution in [0.25, 0.3) is 0 Å². The van der Waals surface area contributed by atoms with Crippen LogP contribution in [0.4, 0.5) is 5.69 Å². The van der Waals surface area contributed by atoms with E-state index in [1.165, 1.54) is 25.1 Å². The number of rotatable bonds is 2. The fourth-order valence-corrected chi connectivity index (χ4v) is 1.77. The number of benzene rings is 1. The molecule has 15 heavy (non-hydrogen) atoms. The van der Waals surface area contributed by atoms with Gasteiger partial charge in [-0.1, -0.05) is 18.2 Å². The Morgan fingerprint density at radius 3 is 2.73 bits per heavy atom. The largest absolute Gasteiger partial charge is 0.378 e. The van der Waals surface area contributed by atoms with Gasteiger partial charge >= 0.3 is 0 Å². The minimum Gasteiger partial charge on any atom is -0.378 e. The van der Waals surface area contributed by atoms with Crippen LogP contribution in [0.5, 0.6) is 0 Å². The van der Waals surface area contributed by atoms with E-state index in [-0.39, 0.29) is 0 Å². The summed E-state index contributed by atoms with van der Waals surface area (Å²) < 4.78 is 0. The van der Waals surface area contributed by atoms with Crippen LogP contribution < -0.4 is 0 Å². The van der Waals surface area contributed by atoms with Crippen LogP contribution in [0, 0.1) is 0 Å². The van der Waals surface area contributed by atoms with Gasteiger partial charge in [-0.25, -0.2) is 0 Å². The predicted molar refractivity (Wildman–Crippen MR) is 64.5 cm³/mol. The molecule has 0 amide bonds. The highest BCUT2D eigenvalue weighted by Gasteiger charge is 2.10. The maximum absolute atomic E-state index is 4.38. The van der Waals surface area contributed by atoms with Crippen molar-refractivity contribution >= 4 is 11.9 Å². The van der Waals surface area contributed by atoms with Gasteiger partial charge in [-0.3, -0.25) is 4.99 Å². The van der Waals surface area contributed by atoms with Crippen molar-refractivity contribution in [3.05, 3.63) is 42.1 Å². The quantitative estimate of drug-likeness (QED) is 0.670. The van der Waals surface area contributed by atoms with Crippen LogP contribution >= 0.6 is 0 Å². The third-order valence-electron chi connectivity index (χ3n) is 2.66. The average Bonchev–Trinajstić information content (AvgIpc) is 2.66.